The molecule has 2 atom stereocenters. The van der Waals surface area contributed by atoms with Gasteiger partial charge in [-0.05, 0) is 54.5 Å². The molecule has 2 aliphatic heterocycles. The van der Waals surface area contributed by atoms with E-state index in [0.29, 0.717) is 6.10 Å². The summed E-state index contributed by atoms with van der Waals surface area (Å²) >= 11 is 0. The van der Waals surface area contributed by atoms with Gasteiger partial charge in [-0.2, -0.15) is 0 Å². The second-order valence-electron chi connectivity index (χ2n) is 7.34. The minimum absolute atomic E-state index is 0.275. The van der Waals surface area contributed by atoms with E-state index in [9.17, 15) is 0 Å². The van der Waals surface area contributed by atoms with Crippen LogP contribution in [0.1, 0.15) is 36.5 Å². The minimum atomic E-state index is -1.17. The molecule has 1 fully saturated rings. The minimum Gasteiger partial charge on any atom is -0.497 e. The van der Waals surface area contributed by atoms with E-state index in [1.165, 1.54) is 17.5 Å². The summed E-state index contributed by atoms with van der Waals surface area (Å²) in [5.41, 5.74) is 6.91. The number of aryl methyl sites for hydroxylation is 1. The van der Waals surface area contributed by atoms with E-state index in [0.717, 1.165) is 25.0 Å². The van der Waals surface area contributed by atoms with Crippen LogP contribution < -0.4 is 4.74 Å². The van der Waals surface area contributed by atoms with Crippen LogP contribution in [0.2, 0.25) is 19.6 Å². The van der Waals surface area contributed by atoms with Crippen molar-refractivity contribution < 1.29 is 9.47 Å². The maximum absolute atomic E-state index is 6.42. The Morgan fingerprint density at radius 2 is 1.90 bits per heavy atom. The van der Waals surface area contributed by atoms with Gasteiger partial charge in [0.1, 0.15) is 5.75 Å². The van der Waals surface area contributed by atoms with Crippen LogP contribution in [0.3, 0.4) is 0 Å². The molecule has 0 radical (unpaired) electrons. The Bertz CT molecular complexity index is 557. The predicted octanol–water partition coefficient (Wildman–Crippen LogP) is 4.67. The average Bonchev–Trinajstić information content (AvgIpc) is 2.58. The Hall–Kier alpha value is -1.06. The van der Waals surface area contributed by atoms with Gasteiger partial charge in [0.2, 0.25) is 0 Å². The Labute approximate surface area is 129 Å². The van der Waals surface area contributed by atoms with Gasteiger partial charge in [-0.15, -0.1) is 0 Å². The third-order valence-electron chi connectivity index (χ3n) is 4.43. The van der Waals surface area contributed by atoms with Crippen molar-refractivity contribution in [1.29, 1.82) is 0 Å². The van der Waals surface area contributed by atoms with E-state index in [1.54, 1.807) is 12.7 Å². The standard InChI is InChI=1S/C18H26O2Si/c1-19-15-7-8-16-13(11-15)5-9-17-14(12-21(2,3)4)6-10-18(16)20-17/h7-8,11-12,17-18H,5-6,9-10H2,1-4H3/b14-12-/t17-,18-/m0/s1. The zero-order valence-electron chi connectivity index (χ0n) is 13.6. The lowest BCUT2D eigenvalue weighted by molar-refractivity contribution is -0.0187. The van der Waals surface area contributed by atoms with E-state index in [4.69, 9.17) is 9.47 Å². The third-order valence-corrected chi connectivity index (χ3v) is 5.67. The molecule has 2 aliphatic rings. The summed E-state index contributed by atoms with van der Waals surface area (Å²) in [6.07, 6.45) is 5.12. The molecule has 2 bridgehead atoms. The van der Waals surface area contributed by atoms with Gasteiger partial charge in [-0.1, -0.05) is 31.4 Å². The molecule has 1 aromatic rings. The molecule has 3 heteroatoms. The first kappa shape index (κ1) is 14.9. The number of methoxy groups -OCH3 is 1. The molecular weight excluding hydrogens is 276 g/mol. The maximum atomic E-state index is 6.42. The van der Waals surface area contributed by atoms with Crippen LogP contribution in [0.25, 0.3) is 0 Å². The van der Waals surface area contributed by atoms with Gasteiger partial charge in [0, 0.05) is 0 Å². The maximum Gasteiger partial charge on any atom is 0.119 e. The fourth-order valence-electron chi connectivity index (χ4n) is 3.54. The summed E-state index contributed by atoms with van der Waals surface area (Å²) in [7, 11) is 0.565. The molecular formula is C18H26O2Si. The largest absolute Gasteiger partial charge is 0.497 e. The third kappa shape index (κ3) is 3.24. The van der Waals surface area contributed by atoms with Crippen LogP contribution in [-0.2, 0) is 11.2 Å². The van der Waals surface area contributed by atoms with Gasteiger partial charge in [-0.3, -0.25) is 0 Å². The second-order valence-corrected chi connectivity index (χ2v) is 12.4. The SMILES string of the molecule is COc1ccc2c(c1)CC[C@@H]1O[C@H]2CC/C1=C/[Si](C)(C)C. The summed E-state index contributed by atoms with van der Waals surface area (Å²) < 4.78 is 11.8. The molecule has 0 spiro atoms. The van der Waals surface area contributed by atoms with Crippen molar-refractivity contribution in [2.24, 2.45) is 0 Å². The van der Waals surface area contributed by atoms with Crippen molar-refractivity contribution in [3.8, 4) is 5.75 Å². The molecule has 1 saturated heterocycles. The van der Waals surface area contributed by atoms with Crippen molar-refractivity contribution in [1.82, 2.24) is 0 Å². The Morgan fingerprint density at radius 3 is 2.62 bits per heavy atom. The van der Waals surface area contributed by atoms with Gasteiger partial charge < -0.3 is 9.47 Å². The van der Waals surface area contributed by atoms with Crippen molar-refractivity contribution >= 4 is 8.07 Å². The highest BCUT2D eigenvalue weighted by Crippen LogP contribution is 2.41. The molecule has 21 heavy (non-hydrogen) atoms. The Balaban J connectivity index is 1.89. The number of rotatable bonds is 2. The first-order valence-corrected chi connectivity index (χ1v) is 11.6. The first-order valence-electron chi connectivity index (χ1n) is 8.00. The highest BCUT2D eigenvalue weighted by molar-refractivity contribution is 6.81. The van der Waals surface area contributed by atoms with Crippen LogP contribution in [0.15, 0.2) is 29.5 Å². The van der Waals surface area contributed by atoms with E-state index in [2.05, 4.69) is 43.5 Å². The lowest BCUT2D eigenvalue weighted by Crippen LogP contribution is -2.27. The monoisotopic (exact) mass is 302 g/mol. The lowest BCUT2D eigenvalue weighted by Gasteiger charge is -2.32. The lowest BCUT2D eigenvalue weighted by atomic mass is 9.95. The van der Waals surface area contributed by atoms with Crippen LogP contribution in [0.5, 0.6) is 5.75 Å². The second kappa shape index (κ2) is 5.62. The quantitative estimate of drug-likeness (QED) is 0.739. The van der Waals surface area contributed by atoms with Crippen LogP contribution in [-0.4, -0.2) is 21.3 Å². The summed E-state index contributed by atoms with van der Waals surface area (Å²) in [6, 6.07) is 6.46. The highest BCUT2D eigenvalue weighted by Gasteiger charge is 2.32. The van der Waals surface area contributed by atoms with E-state index in [-0.39, 0.29) is 6.10 Å². The molecule has 3 rings (SSSR count). The zero-order chi connectivity index (χ0) is 15.0. The van der Waals surface area contributed by atoms with Crippen molar-refractivity contribution in [3.05, 3.63) is 40.6 Å². The number of fused-ring (bicyclic) bond motifs is 4. The van der Waals surface area contributed by atoms with E-state index in [1.807, 2.05) is 0 Å². The molecule has 2 heterocycles. The molecule has 2 nitrogen and oxygen atoms in total. The van der Waals surface area contributed by atoms with Crippen molar-refractivity contribution in [3.63, 3.8) is 0 Å². The zero-order valence-corrected chi connectivity index (χ0v) is 14.6. The van der Waals surface area contributed by atoms with Crippen LogP contribution in [0.4, 0.5) is 0 Å². The molecule has 0 unspecified atom stereocenters. The topological polar surface area (TPSA) is 18.5 Å². The molecule has 0 saturated carbocycles. The average molecular weight is 302 g/mol. The molecule has 1 aromatic carbocycles. The molecule has 0 N–H and O–H groups in total. The smallest absolute Gasteiger partial charge is 0.119 e. The summed E-state index contributed by atoms with van der Waals surface area (Å²) in [5.74, 6) is 0.961. The predicted molar refractivity (Wildman–Crippen MR) is 89.6 cm³/mol. The Morgan fingerprint density at radius 1 is 1.14 bits per heavy atom. The van der Waals surface area contributed by atoms with Crippen LogP contribution >= 0.6 is 0 Å². The van der Waals surface area contributed by atoms with Gasteiger partial charge in [0.15, 0.2) is 0 Å². The fraction of sp³-hybridized carbons (Fsp3) is 0.556. The molecule has 0 aromatic heterocycles. The van der Waals surface area contributed by atoms with Crippen molar-refractivity contribution in [2.45, 2.75) is 57.5 Å². The summed E-state index contributed by atoms with van der Waals surface area (Å²) in [6.45, 7) is 7.22. The number of hydrogen-bond donors (Lipinski definition) is 0. The van der Waals surface area contributed by atoms with Crippen molar-refractivity contribution in [2.75, 3.05) is 7.11 Å². The first-order chi connectivity index (χ1) is 9.96. The molecule has 114 valence electrons. The summed E-state index contributed by atoms with van der Waals surface area (Å²) in [4.78, 5) is 0. The number of hydrogen-bond acceptors (Lipinski definition) is 2. The van der Waals surface area contributed by atoms with E-state index < -0.39 is 8.07 Å². The van der Waals surface area contributed by atoms with Gasteiger partial charge in [0.25, 0.3) is 0 Å². The van der Waals surface area contributed by atoms with Gasteiger partial charge in [0.05, 0.1) is 27.4 Å². The summed E-state index contributed by atoms with van der Waals surface area (Å²) in [5, 5.41) is 0. The molecule has 0 amide bonds. The van der Waals surface area contributed by atoms with Crippen LogP contribution in [0, 0.1) is 0 Å². The van der Waals surface area contributed by atoms with E-state index >= 15 is 0 Å². The van der Waals surface area contributed by atoms with Gasteiger partial charge >= 0.3 is 0 Å². The Kier molecular flexibility index (Phi) is 3.97. The van der Waals surface area contributed by atoms with Gasteiger partial charge in [-0.25, -0.2) is 0 Å². The number of benzene rings is 1. The molecule has 0 aliphatic carbocycles. The number of ether oxygens (including phenoxy) is 2. The fourth-order valence-corrected chi connectivity index (χ4v) is 4.98. The normalized spacial score (nSPS) is 27.1. The highest BCUT2D eigenvalue weighted by atomic mass is 28.3.